The van der Waals surface area contributed by atoms with Crippen LogP contribution in [0.15, 0.2) is 33.5 Å². The van der Waals surface area contributed by atoms with Crippen molar-refractivity contribution >= 4 is 34.4 Å². The van der Waals surface area contributed by atoms with Crippen molar-refractivity contribution in [3.8, 4) is 0 Å². The molecule has 7 heteroatoms. The minimum atomic E-state index is -0.836. The van der Waals surface area contributed by atoms with Crippen LogP contribution < -0.4 is 5.43 Å². The zero-order chi connectivity index (χ0) is 18.7. The number of fused-ring (bicyclic) bond motifs is 1. The molecule has 0 bridgehead atoms. The van der Waals surface area contributed by atoms with Gasteiger partial charge in [0, 0.05) is 23.7 Å². The summed E-state index contributed by atoms with van der Waals surface area (Å²) in [6.45, 7) is 2.36. The van der Waals surface area contributed by atoms with Gasteiger partial charge in [-0.2, -0.15) is 0 Å². The van der Waals surface area contributed by atoms with E-state index in [1.165, 1.54) is 12.1 Å². The minimum Gasteiger partial charge on any atom is -0.450 e. The van der Waals surface area contributed by atoms with Crippen molar-refractivity contribution in [1.82, 2.24) is 4.90 Å². The Morgan fingerprint density at radius 2 is 2.12 bits per heavy atom. The van der Waals surface area contributed by atoms with Crippen LogP contribution in [-0.4, -0.2) is 36.0 Å². The fourth-order valence-corrected chi connectivity index (χ4v) is 3.44. The molecule has 0 saturated carbocycles. The van der Waals surface area contributed by atoms with Crippen LogP contribution in [0.5, 0.6) is 0 Å². The Labute approximate surface area is 155 Å². The Bertz CT molecular complexity index is 891. The van der Waals surface area contributed by atoms with Crippen LogP contribution in [-0.2, 0) is 9.53 Å². The smallest absolute Gasteiger partial charge is 0.374 e. The summed E-state index contributed by atoms with van der Waals surface area (Å²) in [7, 11) is 0. The molecule has 1 aromatic carbocycles. The van der Waals surface area contributed by atoms with Crippen molar-refractivity contribution in [3.63, 3.8) is 0 Å². The predicted molar refractivity (Wildman–Crippen MR) is 97.4 cm³/mol. The molecule has 1 aliphatic rings. The van der Waals surface area contributed by atoms with Crippen LogP contribution in [0.1, 0.15) is 43.2 Å². The SMILES string of the molecule is CC[C@H]1CCCCN1C(=O)COC(=O)c1cc(=O)c2cc(Cl)ccc2o1. The largest absolute Gasteiger partial charge is 0.450 e. The highest BCUT2D eigenvalue weighted by Gasteiger charge is 2.26. The van der Waals surface area contributed by atoms with Gasteiger partial charge in [0.15, 0.2) is 12.0 Å². The third kappa shape index (κ3) is 3.90. The van der Waals surface area contributed by atoms with Crippen LogP contribution >= 0.6 is 11.6 Å². The summed E-state index contributed by atoms with van der Waals surface area (Å²) in [5.41, 5.74) is -0.156. The van der Waals surface area contributed by atoms with E-state index in [1.807, 2.05) is 6.92 Å². The first-order valence-corrected chi connectivity index (χ1v) is 9.07. The minimum absolute atomic E-state index is 0.193. The van der Waals surface area contributed by atoms with E-state index in [0.717, 1.165) is 31.7 Å². The number of halogens is 1. The summed E-state index contributed by atoms with van der Waals surface area (Å²) >= 11 is 5.86. The number of esters is 1. The first-order chi connectivity index (χ1) is 12.5. The third-order valence-electron chi connectivity index (χ3n) is 4.64. The van der Waals surface area contributed by atoms with E-state index < -0.39 is 11.4 Å². The number of hydrogen-bond donors (Lipinski definition) is 0. The van der Waals surface area contributed by atoms with E-state index in [0.29, 0.717) is 11.6 Å². The van der Waals surface area contributed by atoms with Crippen LogP contribution in [0.25, 0.3) is 11.0 Å². The van der Waals surface area contributed by atoms with Crippen molar-refractivity contribution in [2.45, 2.75) is 38.6 Å². The Hall–Kier alpha value is -2.34. The maximum absolute atomic E-state index is 12.4. The summed E-state index contributed by atoms with van der Waals surface area (Å²) in [6.07, 6.45) is 3.91. The van der Waals surface area contributed by atoms with Crippen molar-refractivity contribution in [1.29, 1.82) is 0 Å². The van der Waals surface area contributed by atoms with E-state index in [4.69, 9.17) is 20.8 Å². The highest BCUT2D eigenvalue weighted by atomic mass is 35.5. The Balaban J connectivity index is 1.70. The molecule has 1 amide bonds. The van der Waals surface area contributed by atoms with Gasteiger partial charge < -0.3 is 14.1 Å². The Morgan fingerprint density at radius 1 is 1.31 bits per heavy atom. The molecule has 2 aromatic rings. The summed E-state index contributed by atoms with van der Waals surface area (Å²) in [5.74, 6) is -1.29. The lowest BCUT2D eigenvalue weighted by molar-refractivity contribution is -0.138. The number of benzene rings is 1. The maximum atomic E-state index is 12.4. The number of amides is 1. The zero-order valence-electron chi connectivity index (χ0n) is 14.5. The molecule has 1 atom stereocenters. The highest BCUT2D eigenvalue weighted by molar-refractivity contribution is 6.31. The second-order valence-electron chi connectivity index (χ2n) is 6.34. The Kier molecular flexibility index (Phi) is 5.61. The van der Waals surface area contributed by atoms with E-state index >= 15 is 0 Å². The fourth-order valence-electron chi connectivity index (χ4n) is 3.26. The van der Waals surface area contributed by atoms with Gasteiger partial charge in [0.1, 0.15) is 5.58 Å². The molecule has 0 radical (unpaired) electrons. The highest BCUT2D eigenvalue weighted by Crippen LogP contribution is 2.20. The van der Waals surface area contributed by atoms with Gasteiger partial charge in [-0.15, -0.1) is 0 Å². The average molecular weight is 378 g/mol. The molecule has 3 rings (SSSR count). The number of ether oxygens (including phenoxy) is 1. The molecular weight excluding hydrogens is 358 g/mol. The molecular formula is C19H20ClNO5. The molecule has 138 valence electrons. The maximum Gasteiger partial charge on any atom is 0.374 e. The Morgan fingerprint density at radius 3 is 2.88 bits per heavy atom. The predicted octanol–water partition coefficient (Wildman–Crippen LogP) is 3.39. The number of nitrogens with zero attached hydrogens (tertiary/aromatic N) is 1. The standard InChI is InChI=1S/C19H20ClNO5/c1-2-13-5-3-4-8-21(13)18(23)11-25-19(24)17-10-15(22)14-9-12(20)6-7-16(14)26-17/h6-7,9-10,13H,2-5,8,11H2,1H3/t13-/m0/s1. The van der Waals surface area contributed by atoms with Gasteiger partial charge in [-0.3, -0.25) is 9.59 Å². The number of likely N-dealkylation sites (tertiary alicyclic amines) is 1. The second kappa shape index (κ2) is 7.91. The molecule has 0 spiro atoms. The van der Waals surface area contributed by atoms with Crippen LogP contribution in [0.3, 0.4) is 0 Å². The van der Waals surface area contributed by atoms with Gasteiger partial charge in [0.25, 0.3) is 5.91 Å². The van der Waals surface area contributed by atoms with Crippen molar-refractivity contribution < 1.29 is 18.7 Å². The van der Waals surface area contributed by atoms with Crippen LogP contribution in [0.2, 0.25) is 5.02 Å². The molecule has 1 aromatic heterocycles. The van der Waals surface area contributed by atoms with E-state index in [9.17, 15) is 14.4 Å². The van der Waals surface area contributed by atoms with Gasteiger partial charge in [-0.1, -0.05) is 18.5 Å². The van der Waals surface area contributed by atoms with Gasteiger partial charge in [0.05, 0.1) is 5.39 Å². The van der Waals surface area contributed by atoms with Gasteiger partial charge in [-0.05, 0) is 43.9 Å². The lowest BCUT2D eigenvalue weighted by Crippen LogP contribution is -2.45. The van der Waals surface area contributed by atoms with E-state index in [2.05, 4.69) is 0 Å². The van der Waals surface area contributed by atoms with Crippen LogP contribution in [0, 0.1) is 0 Å². The number of carbonyl (C=O) groups excluding carboxylic acids is 2. The molecule has 0 aliphatic carbocycles. The zero-order valence-corrected chi connectivity index (χ0v) is 15.3. The van der Waals surface area contributed by atoms with Crippen molar-refractivity contribution in [2.75, 3.05) is 13.2 Å². The summed E-state index contributed by atoms with van der Waals surface area (Å²) in [5, 5.41) is 0.682. The average Bonchev–Trinajstić information content (AvgIpc) is 2.66. The molecule has 2 heterocycles. The number of rotatable bonds is 4. The first kappa shape index (κ1) is 18.5. The van der Waals surface area contributed by atoms with E-state index in [1.54, 1.807) is 11.0 Å². The lowest BCUT2D eigenvalue weighted by Gasteiger charge is -2.35. The van der Waals surface area contributed by atoms with Crippen molar-refractivity contribution in [3.05, 3.63) is 45.3 Å². The van der Waals surface area contributed by atoms with Gasteiger partial charge >= 0.3 is 5.97 Å². The molecule has 0 N–H and O–H groups in total. The number of hydrogen-bond acceptors (Lipinski definition) is 5. The van der Waals surface area contributed by atoms with Gasteiger partial charge in [0.2, 0.25) is 5.76 Å². The second-order valence-corrected chi connectivity index (χ2v) is 6.77. The third-order valence-corrected chi connectivity index (χ3v) is 4.87. The summed E-state index contributed by atoms with van der Waals surface area (Å²) in [4.78, 5) is 38.5. The number of piperidine rings is 1. The summed E-state index contributed by atoms with van der Waals surface area (Å²) < 4.78 is 10.5. The molecule has 1 fully saturated rings. The molecule has 26 heavy (non-hydrogen) atoms. The fraction of sp³-hybridized carbons (Fsp3) is 0.421. The first-order valence-electron chi connectivity index (χ1n) is 8.69. The summed E-state index contributed by atoms with van der Waals surface area (Å²) in [6, 6.07) is 5.80. The molecule has 0 unspecified atom stereocenters. The lowest BCUT2D eigenvalue weighted by atomic mass is 10.00. The molecule has 1 saturated heterocycles. The van der Waals surface area contributed by atoms with E-state index in [-0.39, 0.29) is 35.3 Å². The monoisotopic (exact) mass is 377 g/mol. The quantitative estimate of drug-likeness (QED) is 0.763. The normalized spacial score (nSPS) is 17.3. The molecule has 6 nitrogen and oxygen atoms in total. The number of carbonyl (C=O) groups is 2. The topological polar surface area (TPSA) is 76.8 Å². The van der Waals surface area contributed by atoms with Crippen LogP contribution in [0.4, 0.5) is 0 Å². The molecule has 1 aliphatic heterocycles. The van der Waals surface area contributed by atoms with Crippen molar-refractivity contribution in [2.24, 2.45) is 0 Å². The van der Waals surface area contributed by atoms with Gasteiger partial charge in [-0.25, -0.2) is 4.79 Å².